The zero-order chi connectivity index (χ0) is 14.7. The summed E-state index contributed by atoms with van der Waals surface area (Å²) in [4.78, 5) is 23.1. The van der Waals surface area contributed by atoms with Gasteiger partial charge in [-0.05, 0) is 24.3 Å². The van der Waals surface area contributed by atoms with Crippen LogP contribution < -0.4 is 11.1 Å². The zero-order valence-electron chi connectivity index (χ0n) is 10.2. The summed E-state index contributed by atoms with van der Waals surface area (Å²) >= 11 is 5.81. The van der Waals surface area contributed by atoms with Gasteiger partial charge in [0.05, 0.1) is 17.3 Å². The van der Waals surface area contributed by atoms with Gasteiger partial charge in [-0.2, -0.15) is 0 Å². The Morgan fingerprint density at radius 2 is 2.05 bits per heavy atom. The van der Waals surface area contributed by atoms with Gasteiger partial charge in [-0.25, -0.2) is 4.79 Å². The smallest absolute Gasteiger partial charge is 0.339 e. The quantitative estimate of drug-likeness (QED) is 0.802. The van der Waals surface area contributed by atoms with Crippen LogP contribution in [-0.2, 0) is 6.54 Å². The third-order valence-corrected chi connectivity index (χ3v) is 2.88. The minimum absolute atomic E-state index is 0.0393. The highest BCUT2D eigenvalue weighted by Gasteiger charge is 2.18. The highest BCUT2D eigenvalue weighted by molar-refractivity contribution is 6.34. The van der Waals surface area contributed by atoms with Crippen molar-refractivity contribution in [2.24, 2.45) is 5.73 Å². The van der Waals surface area contributed by atoms with Gasteiger partial charge in [-0.3, -0.25) is 4.79 Å². The zero-order valence-corrected chi connectivity index (χ0v) is 11.0. The van der Waals surface area contributed by atoms with Crippen LogP contribution >= 0.6 is 11.6 Å². The number of carboxylic acids is 1. The van der Waals surface area contributed by atoms with E-state index in [-0.39, 0.29) is 28.6 Å². The number of carbonyl (C=O) groups is 2. The largest absolute Gasteiger partial charge is 0.478 e. The van der Waals surface area contributed by atoms with Crippen LogP contribution in [0.2, 0.25) is 5.02 Å². The molecule has 4 N–H and O–H groups in total. The van der Waals surface area contributed by atoms with E-state index in [1.165, 1.54) is 24.3 Å². The molecule has 1 heterocycles. The average Bonchev–Trinajstić information content (AvgIpc) is 2.87. The predicted octanol–water partition coefficient (Wildman–Crippen LogP) is 2.34. The Hall–Kier alpha value is -2.31. The van der Waals surface area contributed by atoms with Gasteiger partial charge in [0.1, 0.15) is 11.3 Å². The molecule has 6 nitrogen and oxygen atoms in total. The van der Waals surface area contributed by atoms with Crippen LogP contribution in [0.1, 0.15) is 26.7 Å². The van der Waals surface area contributed by atoms with Gasteiger partial charge >= 0.3 is 5.97 Å². The van der Waals surface area contributed by atoms with Crippen molar-refractivity contribution in [3.8, 4) is 0 Å². The summed E-state index contributed by atoms with van der Waals surface area (Å²) in [5.41, 5.74) is 5.30. The first kappa shape index (κ1) is 14.1. The number of amides is 1. The average molecular weight is 295 g/mol. The Morgan fingerprint density at radius 3 is 2.65 bits per heavy atom. The molecule has 0 aliphatic rings. The number of furan rings is 1. The van der Waals surface area contributed by atoms with Crippen LogP contribution in [0.15, 0.2) is 34.7 Å². The van der Waals surface area contributed by atoms with Gasteiger partial charge in [-0.15, -0.1) is 0 Å². The maximum atomic E-state index is 11.9. The Labute approximate surface area is 119 Å². The monoisotopic (exact) mass is 294 g/mol. The summed E-state index contributed by atoms with van der Waals surface area (Å²) in [5.74, 6) is -1.30. The summed E-state index contributed by atoms with van der Waals surface area (Å²) in [5, 5.41) is 11.6. The van der Waals surface area contributed by atoms with Crippen LogP contribution in [0.3, 0.4) is 0 Å². The van der Waals surface area contributed by atoms with E-state index in [0.29, 0.717) is 5.76 Å². The Balaban J connectivity index is 2.28. The molecule has 104 valence electrons. The second-order valence-electron chi connectivity index (χ2n) is 3.89. The normalized spacial score (nSPS) is 10.3. The molecule has 0 spiro atoms. The first-order valence-corrected chi connectivity index (χ1v) is 6.02. The van der Waals surface area contributed by atoms with Gasteiger partial charge in [0.25, 0.3) is 5.91 Å². The van der Waals surface area contributed by atoms with E-state index in [2.05, 4.69) is 5.32 Å². The molecule has 0 saturated heterocycles. The predicted molar refractivity (Wildman–Crippen MR) is 73.0 cm³/mol. The number of rotatable bonds is 4. The fourth-order valence-corrected chi connectivity index (χ4v) is 1.89. The molecule has 0 aliphatic heterocycles. The molecule has 0 bridgehead atoms. The van der Waals surface area contributed by atoms with E-state index in [4.69, 9.17) is 26.9 Å². The highest BCUT2D eigenvalue weighted by atomic mass is 35.5. The molecule has 0 aliphatic carbocycles. The maximum absolute atomic E-state index is 11.9. The van der Waals surface area contributed by atoms with Crippen molar-refractivity contribution in [3.05, 3.63) is 52.4 Å². The third kappa shape index (κ3) is 2.81. The van der Waals surface area contributed by atoms with Crippen molar-refractivity contribution in [2.75, 3.05) is 5.32 Å². The molecule has 2 rings (SSSR count). The summed E-state index contributed by atoms with van der Waals surface area (Å²) in [7, 11) is 0. The van der Waals surface area contributed by atoms with Crippen molar-refractivity contribution in [1.82, 2.24) is 0 Å². The van der Waals surface area contributed by atoms with Crippen LogP contribution in [0.4, 0.5) is 5.69 Å². The van der Waals surface area contributed by atoms with E-state index in [0.717, 1.165) is 0 Å². The number of halogens is 1. The minimum Gasteiger partial charge on any atom is -0.478 e. The topological polar surface area (TPSA) is 106 Å². The van der Waals surface area contributed by atoms with Gasteiger partial charge in [0.2, 0.25) is 0 Å². The van der Waals surface area contributed by atoms with Crippen molar-refractivity contribution in [2.45, 2.75) is 6.54 Å². The van der Waals surface area contributed by atoms with Crippen LogP contribution in [0.25, 0.3) is 0 Å². The molecular formula is C13H11ClN2O4. The first-order chi connectivity index (χ1) is 9.52. The maximum Gasteiger partial charge on any atom is 0.339 e. The van der Waals surface area contributed by atoms with Crippen LogP contribution in [0, 0.1) is 0 Å². The third-order valence-electron chi connectivity index (χ3n) is 2.56. The Morgan fingerprint density at radius 1 is 1.30 bits per heavy atom. The lowest BCUT2D eigenvalue weighted by Crippen LogP contribution is -2.14. The molecule has 0 atom stereocenters. The molecule has 1 aromatic carbocycles. The standard InChI is InChI=1S/C13H11ClN2O4/c14-8-2-1-3-9(11(8)13(18)19)16-12(17)10-5-4-7(6-15)20-10/h1-5H,6,15H2,(H,16,17)(H,18,19). The number of hydrogen-bond donors (Lipinski definition) is 3. The van der Waals surface area contributed by atoms with Crippen LogP contribution in [0.5, 0.6) is 0 Å². The Kier molecular flexibility index (Phi) is 4.07. The molecule has 0 unspecified atom stereocenters. The molecule has 2 aromatic rings. The SMILES string of the molecule is NCc1ccc(C(=O)Nc2cccc(Cl)c2C(=O)O)o1. The van der Waals surface area contributed by atoms with Crippen molar-refractivity contribution in [1.29, 1.82) is 0 Å². The van der Waals surface area contributed by atoms with Gasteiger partial charge in [0, 0.05) is 0 Å². The fraction of sp³-hybridized carbons (Fsp3) is 0.0769. The number of carboxylic acid groups (broad SMARTS) is 1. The van der Waals surface area contributed by atoms with E-state index in [9.17, 15) is 9.59 Å². The molecule has 0 fully saturated rings. The summed E-state index contributed by atoms with van der Waals surface area (Å²) in [6, 6.07) is 7.45. The van der Waals surface area contributed by atoms with Crippen molar-refractivity contribution in [3.63, 3.8) is 0 Å². The number of carbonyl (C=O) groups excluding carboxylic acids is 1. The molecule has 0 radical (unpaired) electrons. The lowest BCUT2D eigenvalue weighted by Gasteiger charge is -2.08. The minimum atomic E-state index is -1.23. The number of nitrogens with two attached hydrogens (primary N) is 1. The summed E-state index contributed by atoms with van der Waals surface area (Å²) in [6.07, 6.45) is 0. The fourth-order valence-electron chi connectivity index (χ4n) is 1.64. The second-order valence-corrected chi connectivity index (χ2v) is 4.30. The van der Waals surface area contributed by atoms with Crippen molar-refractivity contribution < 1.29 is 19.1 Å². The van der Waals surface area contributed by atoms with E-state index < -0.39 is 11.9 Å². The summed E-state index contributed by atoms with van der Waals surface area (Å²) in [6.45, 7) is 0.171. The molecule has 0 saturated carbocycles. The number of anilines is 1. The number of nitrogens with one attached hydrogen (secondary N) is 1. The molecule has 20 heavy (non-hydrogen) atoms. The number of hydrogen-bond acceptors (Lipinski definition) is 4. The van der Waals surface area contributed by atoms with Gasteiger partial charge in [-0.1, -0.05) is 17.7 Å². The number of benzene rings is 1. The molecule has 1 aromatic heterocycles. The van der Waals surface area contributed by atoms with Crippen LogP contribution in [-0.4, -0.2) is 17.0 Å². The van der Waals surface area contributed by atoms with E-state index in [1.54, 1.807) is 6.07 Å². The highest BCUT2D eigenvalue weighted by Crippen LogP contribution is 2.25. The molecular weight excluding hydrogens is 284 g/mol. The molecule has 1 amide bonds. The van der Waals surface area contributed by atoms with Crippen molar-refractivity contribution >= 4 is 29.2 Å². The van der Waals surface area contributed by atoms with Gasteiger partial charge in [0.15, 0.2) is 5.76 Å². The summed E-state index contributed by atoms with van der Waals surface area (Å²) < 4.78 is 5.18. The molecule has 7 heteroatoms. The lowest BCUT2D eigenvalue weighted by atomic mass is 10.1. The first-order valence-electron chi connectivity index (χ1n) is 5.65. The Bertz CT molecular complexity index is 666. The van der Waals surface area contributed by atoms with E-state index in [1.807, 2.05) is 0 Å². The lowest BCUT2D eigenvalue weighted by molar-refractivity contribution is 0.0698. The van der Waals surface area contributed by atoms with Gasteiger partial charge < -0.3 is 20.6 Å². The second kappa shape index (κ2) is 5.77. The van der Waals surface area contributed by atoms with E-state index >= 15 is 0 Å². The number of aromatic carboxylic acids is 1.